The Morgan fingerprint density at radius 3 is 2.40 bits per heavy atom. The molecule has 0 bridgehead atoms. The number of carbonyl (C=O) groups is 2. The summed E-state index contributed by atoms with van der Waals surface area (Å²) in [5, 5.41) is 0. The first-order valence-corrected chi connectivity index (χ1v) is 9.94. The molecule has 6 nitrogen and oxygen atoms in total. The molecule has 0 radical (unpaired) electrons. The van der Waals surface area contributed by atoms with Gasteiger partial charge in [0.05, 0.1) is 12.2 Å². The van der Waals surface area contributed by atoms with E-state index in [2.05, 4.69) is 4.74 Å². The van der Waals surface area contributed by atoms with Gasteiger partial charge >= 0.3 is 6.61 Å². The maximum absolute atomic E-state index is 13.2. The van der Waals surface area contributed by atoms with Crippen LogP contribution < -0.4 is 14.4 Å². The SMILES string of the molecule is O=C(C1CN(C(=O)c2ccc(OC(F)F)cc2)c2ccccc2O1)N1CCCCC1. The molecule has 1 fully saturated rings. The number of fused-ring (bicyclic) bond motifs is 1. The van der Waals surface area contributed by atoms with Crippen LogP contribution in [0.25, 0.3) is 0 Å². The number of halogens is 2. The van der Waals surface area contributed by atoms with E-state index in [1.54, 1.807) is 29.2 Å². The zero-order valence-electron chi connectivity index (χ0n) is 16.3. The minimum Gasteiger partial charge on any atom is -0.476 e. The fraction of sp³-hybridized carbons (Fsp3) is 0.364. The second-order valence-corrected chi connectivity index (χ2v) is 7.28. The van der Waals surface area contributed by atoms with Crippen molar-refractivity contribution < 1.29 is 27.8 Å². The lowest BCUT2D eigenvalue weighted by Crippen LogP contribution is -2.52. The van der Waals surface area contributed by atoms with E-state index in [9.17, 15) is 18.4 Å². The summed E-state index contributed by atoms with van der Waals surface area (Å²) in [7, 11) is 0. The van der Waals surface area contributed by atoms with Gasteiger partial charge in [0.15, 0.2) is 6.10 Å². The van der Waals surface area contributed by atoms with E-state index in [0.29, 0.717) is 30.1 Å². The van der Waals surface area contributed by atoms with Gasteiger partial charge in [-0.25, -0.2) is 0 Å². The first-order valence-electron chi connectivity index (χ1n) is 9.94. The molecule has 0 N–H and O–H groups in total. The molecule has 0 aliphatic carbocycles. The van der Waals surface area contributed by atoms with Gasteiger partial charge in [0.2, 0.25) is 0 Å². The summed E-state index contributed by atoms with van der Waals surface area (Å²) in [5.74, 6) is -0.0272. The van der Waals surface area contributed by atoms with E-state index >= 15 is 0 Å². The predicted molar refractivity (Wildman–Crippen MR) is 106 cm³/mol. The number of amides is 2. The molecule has 2 aliphatic rings. The van der Waals surface area contributed by atoms with Crippen LogP contribution in [-0.4, -0.2) is 49.1 Å². The highest BCUT2D eigenvalue weighted by atomic mass is 19.3. The van der Waals surface area contributed by atoms with Crippen molar-refractivity contribution in [2.45, 2.75) is 32.0 Å². The second-order valence-electron chi connectivity index (χ2n) is 7.28. The minimum absolute atomic E-state index is 0.0259. The fourth-order valence-corrected chi connectivity index (χ4v) is 3.81. The number of hydrogen-bond donors (Lipinski definition) is 0. The number of piperidine rings is 1. The lowest BCUT2D eigenvalue weighted by molar-refractivity contribution is -0.139. The van der Waals surface area contributed by atoms with Crippen LogP contribution in [0.15, 0.2) is 48.5 Å². The molecule has 2 heterocycles. The van der Waals surface area contributed by atoms with Crippen LogP contribution in [0.2, 0.25) is 0 Å². The Kier molecular flexibility index (Phi) is 5.83. The molecular formula is C22H22F2N2O4. The van der Waals surface area contributed by atoms with Gasteiger partial charge in [-0.15, -0.1) is 0 Å². The van der Waals surface area contributed by atoms with Gasteiger partial charge in [-0.3, -0.25) is 9.59 Å². The molecule has 8 heteroatoms. The summed E-state index contributed by atoms with van der Waals surface area (Å²) in [6, 6.07) is 12.6. The van der Waals surface area contributed by atoms with Gasteiger partial charge in [0.25, 0.3) is 11.8 Å². The number of rotatable bonds is 4. The van der Waals surface area contributed by atoms with Crippen molar-refractivity contribution in [3.05, 3.63) is 54.1 Å². The van der Waals surface area contributed by atoms with Gasteiger partial charge in [0.1, 0.15) is 11.5 Å². The van der Waals surface area contributed by atoms with Crippen LogP contribution in [0.4, 0.5) is 14.5 Å². The maximum atomic E-state index is 13.2. The molecule has 1 unspecified atom stereocenters. The first-order chi connectivity index (χ1) is 14.5. The average molecular weight is 416 g/mol. The Bertz CT molecular complexity index is 914. The fourth-order valence-electron chi connectivity index (χ4n) is 3.81. The van der Waals surface area contributed by atoms with E-state index in [1.165, 1.54) is 29.2 Å². The number of anilines is 1. The van der Waals surface area contributed by atoms with Crippen LogP contribution in [0.5, 0.6) is 11.5 Å². The van der Waals surface area contributed by atoms with Gasteiger partial charge in [-0.2, -0.15) is 8.78 Å². The van der Waals surface area contributed by atoms with Crippen molar-refractivity contribution in [3.8, 4) is 11.5 Å². The van der Waals surface area contributed by atoms with E-state index in [4.69, 9.17) is 4.74 Å². The molecule has 0 aromatic heterocycles. The number of para-hydroxylation sites is 2. The molecule has 158 valence electrons. The van der Waals surface area contributed by atoms with Crippen molar-refractivity contribution in [2.24, 2.45) is 0 Å². The van der Waals surface area contributed by atoms with E-state index in [-0.39, 0.29) is 24.1 Å². The van der Waals surface area contributed by atoms with Crippen LogP contribution in [0.1, 0.15) is 29.6 Å². The summed E-state index contributed by atoms with van der Waals surface area (Å²) >= 11 is 0. The summed E-state index contributed by atoms with van der Waals surface area (Å²) in [4.78, 5) is 29.5. The molecule has 1 atom stereocenters. The Hall–Kier alpha value is -3.16. The summed E-state index contributed by atoms with van der Waals surface area (Å²) in [6.45, 7) is -1.46. The summed E-state index contributed by atoms with van der Waals surface area (Å²) < 4.78 is 35.0. The molecule has 2 aliphatic heterocycles. The van der Waals surface area contributed by atoms with Crippen LogP contribution in [0, 0.1) is 0 Å². The average Bonchev–Trinajstić information content (AvgIpc) is 2.78. The molecule has 1 saturated heterocycles. The normalized spacial score (nSPS) is 18.6. The zero-order chi connectivity index (χ0) is 21.1. The lowest BCUT2D eigenvalue weighted by Gasteiger charge is -2.37. The van der Waals surface area contributed by atoms with Crippen LogP contribution in [-0.2, 0) is 4.79 Å². The monoisotopic (exact) mass is 416 g/mol. The summed E-state index contributed by atoms with van der Waals surface area (Å²) in [6.07, 6.45) is 2.24. The molecule has 30 heavy (non-hydrogen) atoms. The number of alkyl halides is 2. The summed E-state index contributed by atoms with van der Waals surface area (Å²) in [5.41, 5.74) is 0.871. The molecule has 2 amide bonds. The van der Waals surface area contributed by atoms with E-state index in [0.717, 1.165) is 19.3 Å². The topological polar surface area (TPSA) is 59.1 Å². The van der Waals surface area contributed by atoms with Gasteiger partial charge in [0, 0.05) is 18.7 Å². The highest BCUT2D eigenvalue weighted by Gasteiger charge is 2.36. The Morgan fingerprint density at radius 2 is 1.70 bits per heavy atom. The highest BCUT2D eigenvalue weighted by molar-refractivity contribution is 6.08. The van der Waals surface area contributed by atoms with Crippen molar-refractivity contribution in [2.75, 3.05) is 24.5 Å². The number of likely N-dealkylation sites (tertiary alicyclic amines) is 1. The van der Waals surface area contributed by atoms with Crippen molar-refractivity contribution in [1.29, 1.82) is 0 Å². The Morgan fingerprint density at radius 1 is 1.00 bits per heavy atom. The second kappa shape index (κ2) is 8.69. The number of hydrogen-bond acceptors (Lipinski definition) is 4. The van der Waals surface area contributed by atoms with E-state index < -0.39 is 12.7 Å². The lowest BCUT2D eigenvalue weighted by atomic mass is 10.1. The number of benzene rings is 2. The van der Waals surface area contributed by atoms with E-state index in [1.807, 2.05) is 0 Å². The molecule has 4 rings (SSSR count). The first kappa shape index (κ1) is 20.1. The number of ether oxygens (including phenoxy) is 2. The van der Waals surface area contributed by atoms with Gasteiger partial charge in [-0.1, -0.05) is 12.1 Å². The van der Waals surface area contributed by atoms with Crippen molar-refractivity contribution >= 4 is 17.5 Å². The molecule has 0 saturated carbocycles. The third-order valence-electron chi connectivity index (χ3n) is 5.29. The van der Waals surface area contributed by atoms with Crippen molar-refractivity contribution in [1.82, 2.24) is 4.90 Å². The Balaban J connectivity index is 1.57. The smallest absolute Gasteiger partial charge is 0.387 e. The quantitative estimate of drug-likeness (QED) is 0.763. The maximum Gasteiger partial charge on any atom is 0.387 e. The number of nitrogens with zero attached hydrogens (tertiary/aromatic N) is 2. The zero-order valence-corrected chi connectivity index (χ0v) is 16.3. The number of carbonyl (C=O) groups excluding carboxylic acids is 2. The third kappa shape index (κ3) is 4.22. The van der Waals surface area contributed by atoms with Crippen LogP contribution in [0.3, 0.4) is 0 Å². The van der Waals surface area contributed by atoms with Crippen LogP contribution >= 0.6 is 0 Å². The largest absolute Gasteiger partial charge is 0.476 e. The predicted octanol–water partition coefficient (Wildman–Crippen LogP) is 3.71. The minimum atomic E-state index is -2.93. The Labute approximate surface area is 173 Å². The highest BCUT2D eigenvalue weighted by Crippen LogP contribution is 2.35. The third-order valence-corrected chi connectivity index (χ3v) is 5.29. The molecular weight excluding hydrogens is 394 g/mol. The molecule has 0 spiro atoms. The molecule has 2 aromatic rings. The van der Waals surface area contributed by atoms with Gasteiger partial charge in [-0.05, 0) is 55.7 Å². The molecule has 2 aromatic carbocycles. The van der Waals surface area contributed by atoms with Gasteiger partial charge < -0.3 is 19.3 Å². The van der Waals surface area contributed by atoms with Crippen molar-refractivity contribution in [3.63, 3.8) is 0 Å². The standard InChI is InChI=1S/C22H22F2N2O4/c23-22(24)29-16-10-8-15(9-11-16)20(27)26-14-19(21(28)25-12-4-1-5-13-25)30-18-7-3-2-6-17(18)26/h2-3,6-11,19,22H,1,4-5,12-14H2.